The van der Waals surface area contributed by atoms with E-state index in [1.54, 1.807) is 0 Å². The molecule has 5 heteroatoms. The monoisotopic (exact) mass is 589 g/mol. The fraction of sp³-hybridized carbons (Fsp3) is 0.237. The minimum absolute atomic E-state index is 0.0366. The van der Waals surface area contributed by atoms with Crippen molar-refractivity contribution >= 4 is 28.3 Å². The summed E-state index contributed by atoms with van der Waals surface area (Å²) in [6.07, 6.45) is 1.98. The number of carbonyl (C=O) groups excluding carboxylic acids is 1. The van der Waals surface area contributed by atoms with Crippen LogP contribution in [-0.2, 0) is 24.1 Å². The molecule has 0 radical (unpaired) electrons. The van der Waals surface area contributed by atoms with Gasteiger partial charge in [0.1, 0.15) is 0 Å². The normalized spacial score (nSPS) is 12.7. The SMILES string of the molecule is CNC[C@H](Cc1ccc(Cl)cc1)N(C)C[C@H](Cc1ccc2ccccc2c1)NC(=O)Cc1ccc(-c2ccccc2)cc1. The molecule has 43 heavy (non-hydrogen) atoms. The quantitative estimate of drug-likeness (QED) is 0.153. The summed E-state index contributed by atoms with van der Waals surface area (Å²) in [5.41, 5.74) is 5.78. The van der Waals surface area contributed by atoms with Gasteiger partial charge in [-0.25, -0.2) is 0 Å². The summed E-state index contributed by atoms with van der Waals surface area (Å²) in [7, 11) is 4.14. The van der Waals surface area contributed by atoms with Gasteiger partial charge < -0.3 is 10.6 Å². The number of fused-ring (bicyclic) bond motifs is 1. The van der Waals surface area contributed by atoms with E-state index in [0.717, 1.165) is 42.1 Å². The Balaban J connectivity index is 1.30. The number of amides is 1. The maximum absolute atomic E-state index is 13.4. The number of halogens is 1. The number of carbonyl (C=O) groups is 1. The average molecular weight is 590 g/mol. The summed E-state index contributed by atoms with van der Waals surface area (Å²) in [6.45, 7) is 1.56. The van der Waals surface area contributed by atoms with Gasteiger partial charge in [-0.05, 0) is 77.7 Å². The molecule has 5 aromatic rings. The number of hydrogen-bond acceptors (Lipinski definition) is 3. The van der Waals surface area contributed by atoms with E-state index >= 15 is 0 Å². The fourth-order valence-corrected chi connectivity index (χ4v) is 5.86. The molecule has 5 rings (SSSR count). The molecule has 0 saturated carbocycles. The number of nitrogens with zero attached hydrogens (tertiary/aromatic N) is 1. The number of hydrogen-bond donors (Lipinski definition) is 2. The van der Waals surface area contributed by atoms with Crippen LogP contribution in [0.15, 0.2) is 121 Å². The van der Waals surface area contributed by atoms with Gasteiger partial charge >= 0.3 is 0 Å². The Morgan fingerprint density at radius 2 is 1.35 bits per heavy atom. The van der Waals surface area contributed by atoms with Crippen LogP contribution in [0.2, 0.25) is 5.02 Å². The second-order valence-electron chi connectivity index (χ2n) is 11.4. The highest BCUT2D eigenvalue weighted by molar-refractivity contribution is 6.30. The van der Waals surface area contributed by atoms with E-state index in [0.29, 0.717) is 6.42 Å². The summed E-state index contributed by atoms with van der Waals surface area (Å²) in [5.74, 6) is 0.0366. The van der Waals surface area contributed by atoms with Crippen LogP contribution in [0.1, 0.15) is 16.7 Å². The predicted octanol–water partition coefficient (Wildman–Crippen LogP) is 7.19. The van der Waals surface area contributed by atoms with Crippen molar-refractivity contribution in [2.75, 3.05) is 27.2 Å². The smallest absolute Gasteiger partial charge is 0.224 e. The first-order chi connectivity index (χ1) is 21.0. The predicted molar refractivity (Wildman–Crippen MR) is 181 cm³/mol. The van der Waals surface area contributed by atoms with E-state index in [2.05, 4.69) is 114 Å². The molecule has 0 bridgehead atoms. The molecule has 2 atom stereocenters. The van der Waals surface area contributed by atoms with Gasteiger partial charge in [-0.1, -0.05) is 121 Å². The van der Waals surface area contributed by atoms with Gasteiger partial charge in [0.05, 0.1) is 6.42 Å². The van der Waals surface area contributed by atoms with Gasteiger partial charge in [0, 0.05) is 30.2 Å². The van der Waals surface area contributed by atoms with Crippen LogP contribution in [0.25, 0.3) is 21.9 Å². The summed E-state index contributed by atoms with van der Waals surface area (Å²) < 4.78 is 0. The molecule has 0 aliphatic carbocycles. The van der Waals surface area contributed by atoms with Crippen molar-refractivity contribution in [2.45, 2.75) is 31.3 Å². The lowest BCUT2D eigenvalue weighted by Crippen LogP contribution is -2.49. The molecule has 0 unspecified atom stereocenters. The third kappa shape index (κ3) is 8.77. The average Bonchev–Trinajstić information content (AvgIpc) is 3.02. The molecule has 2 N–H and O–H groups in total. The van der Waals surface area contributed by atoms with Gasteiger partial charge in [0.2, 0.25) is 5.91 Å². The third-order valence-electron chi connectivity index (χ3n) is 8.04. The maximum atomic E-state index is 13.4. The van der Waals surface area contributed by atoms with Gasteiger partial charge in [-0.15, -0.1) is 0 Å². The summed E-state index contributed by atoms with van der Waals surface area (Å²) >= 11 is 6.13. The molecular weight excluding hydrogens is 550 g/mol. The van der Waals surface area contributed by atoms with Crippen LogP contribution in [0.3, 0.4) is 0 Å². The zero-order chi connectivity index (χ0) is 30.0. The van der Waals surface area contributed by atoms with Crippen LogP contribution in [0, 0.1) is 0 Å². The highest BCUT2D eigenvalue weighted by Crippen LogP contribution is 2.20. The first-order valence-corrected chi connectivity index (χ1v) is 15.4. The molecule has 220 valence electrons. The largest absolute Gasteiger partial charge is 0.351 e. The maximum Gasteiger partial charge on any atom is 0.224 e. The lowest BCUT2D eigenvalue weighted by molar-refractivity contribution is -0.121. The van der Waals surface area contributed by atoms with E-state index in [1.165, 1.54) is 27.5 Å². The molecule has 0 aliphatic heterocycles. The van der Waals surface area contributed by atoms with Crippen LogP contribution >= 0.6 is 11.6 Å². The van der Waals surface area contributed by atoms with Crippen LogP contribution in [0.4, 0.5) is 0 Å². The van der Waals surface area contributed by atoms with Crippen LogP contribution in [0.5, 0.6) is 0 Å². The van der Waals surface area contributed by atoms with E-state index in [1.807, 2.05) is 37.4 Å². The van der Waals surface area contributed by atoms with Gasteiger partial charge in [-0.2, -0.15) is 0 Å². The minimum Gasteiger partial charge on any atom is -0.351 e. The molecule has 0 saturated heterocycles. The third-order valence-corrected chi connectivity index (χ3v) is 8.29. The van der Waals surface area contributed by atoms with Gasteiger partial charge in [0.15, 0.2) is 0 Å². The summed E-state index contributed by atoms with van der Waals surface area (Å²) in [6, 6.07) is 41.9. The number of likely N-dealkylation sites (N-methyl/N-ethyl adjacent to an activating group) is 2. The second-order valence-corrected chi connectivity index (χ2v) is 11.8. The van der Waals surface area contributed by atoms with Crippen LogP contribution in [-0.4, -0.2) is 50.1 Å². The molecular formula is C38H40ClN3O. The molecule has 4 nitrogen and oxygen atoms in total. The van der Waals surface area contributed by atoms with Crippen molar-refractivity contribution in [3.63, 3.8) is 0 Å². The Bertz CT molecular complexity index is 1600. The van der Waals surface area contributed by atoms with E-state index in [9.17, 15) is 4.79 Å². The standard InChI is InChI=1S/C38H40ClN3O/c1-40-26-37(24-28-15-20-35(39)21-16-28)42(2)27-36(23-30-14-19-32-10-6-7-11-34(32)22-30)41-38(43)25-29-12-17-33(18-13-29)31-8-4-3-5-9-31/h3-22,36-37,40H,23-27H2,1-2H3,(H,41,43)/t36-,37-/m0/s1. The first-order valence-electron chi connectivity index (χ1n) is 15.0. The van der Waals surface area contributed by atoms with Crippen molar-refractivity contribution in [3.05, 3.63) is 143 Å². The highest BCUT2D eigenvalue weighted by Gasteiger charge is 2.21. The zero-order valence-corrected chi connectivity index (χ0v) is 25.7. The first kappa shape index (κ1) is 30.5. The zero-order valence-electron chi connectivity index (χ0n) is 25.0. The lowest BCUT2D eigenvalue weighted by atomic mass is 9.99. The molecule has 0 aliphatic rings. The molecule has 0 spiro atoms. The number of nitrogens with one attached hydrogen (secondary N) is 2. The minimum atomic E-state index is -0.0492. The van der Waals surface area contributed by atoms with Crippen molar-refractivity contribution in [1.82, 2.24) is 15.5 Å². The summed E-state index contributed by atoms with van der Waals surface area (Å²) in [4.78, 5) is 15.8. The molecule has 0 fully saturated rings. The molecule has 5 aromatic carbocycles. The van der Waals surface area contributed by atoms with Crippen LogP contribution < -0.4 is 10.6 Å². The Hall–Kier alpha value is -3.96. The summed E-state index contributed by atoms with van der Waals surface area (Å²) in [5, 5.41) is 9.93. The van der Waals surface area contributed by atoms with Crippen molar-refractivity contribution < 1.29 is 4.79 Å². The Kier molecular flexibility index (Phi) is 10.6. The Morgan fingerprint density at radius 3 is 2.07 bits per heavy atom. The number of rotatable bonds is 13. The topological polar surface area (TPSA) is 44.4 Å². The van der Waals surface area contributed by atoms with Crippen molar-refractivity contribution in [2.24, 2.45) is 0 Å². The van der Waals surface area contributed by atoms with Crippen molar-refractivity contribution in [3.8, 4) is 11.1 Å². The second kappa shape index (κ2) is 15.0. The van der Waals surface area contributed by atoms with E-state index in [4.69, 9.17) is 11.6 Å². The molecule has 1 amide bonds. The highest BCUT2D eigenvalue weighted by atomic mass is 35.5. The molecule has 0 heterocycles. The lowest BCUT2D eigenvalue weighted by Gasteiger charge is -2.32. The van der Waals surface area contributed by atoms with Crippen molar-refractivity contribution in [1.29, 1.82) is 0 Å². The van der Waals surface area contributed by atoms with Gasteiger partial charge in [0.25, 0.3) is 0 Å². The van der Waals surface area contributed by atoms with E-state index < -0.39 is 0 Å². The van der Waals surface area contributed by atoms with Gasteiger partial charge in [-0.3, -0.25) is 9.69 Å². The Labute approximate surface area is 260 Å². The van der Waals surface area contributed by atoms with E-state index in [-0.39, 0.29) is 18.0 Å². The fourth-order valence-electron chi connectivity index (χ4n) is 5.73. The molecule has 0 aromatic heterocycles. The Morgan fingerprint density at radius 1 is 0.721 bits per heavy atom. The number of benzene rings is 5.